The van der Waals surface area contributed by atoms with Crippen LogP contribution in [0.2, 0.25) is 0 Å². The van der Waals surface area contributed by atoms with Gasteiger partial charge in [0.25, 0.3) is 0 Å². The molecule has 12 heteroatoms. The highest BCUT2D eigenvalue weighted by Crippen LogP contribution is 1.57. The molecule has 17 N–H and O–H groups in total. The maximum Gasteiger partial charge on any atom is 0.249 e. The van der Waals surface area contributed by atoms with Crippen molar-refractivity contribution in [1.82, 2.24) is 24.6 Å². The average Bonchev–Trinajstić information content (AvgIpc) is 1.19. The van der Waals surface area contributed by atoms with Crippen LogP contribution >= 0.6 is 0 Å². The molecule has 88 valence electrons. The molecule has 0 saturated carbocycles. The van der Waals surface area contributed by atoms with E-state index in [0.717, 1.165) is 0 Å². The van der Waals surface area contributed by atoms with Crippen LogP contribution in [-0.4, -0.2) is 20.4 Å². The van der Waals surface area contributed by atoms with Crippen molar-refractivity contribution in [3.8, 4) is 0 Å². The molecule has 0 spiro atoms. The van der Waals surface area contributed by atoms with E-state index in [0.29, 0.717) is 0 Å². The summed E-state index contributed by atoms with van der Waals surface area (Å²) in [4.78, 5) is 33.8. The predicted octanol–water partition coefficient (Wildman–Crippen LogP) is -3.14. The number of carbonyl (C=O) groups is 1. The van der Waals surface area contributed by atoms with E-state index in [9.17, 15) is 4.11 Å². The van der Waals surface area contributed by atoms with Gasteiger partial charge in [0.2, 0.25) is 6.16 Å². The first-order chi connectivity index (χ1) is 3.73. The minimum atomic E-state index is -5.86. The fourth-order valence-corrected chi connectivity index (χ4v) is 0. The lowest BCUT2D eigenvalue weighted by molar-refractivity contribution is -0.527. The van der Waals surface area contributed by atoms with Crippen LogP contribution in [-0.2, 0) is 0 Å². The molecule has 0 aromatic rings. The van der Waals surface area contributed by atoms with E-state index < -0.39 is 15.3 Å². The SMILES string of the molecule is O=C([O-])O.[NH4+].[NH4+].[NH4+].[NH4+].[O-][Si]([O-])([O-])F. The molecule has 0 amide bonds. The molecule has 0 unspecified atom stereocenters. The highest BCUT2D eigenvalue weighted by atomic mass is 28.4. The quantitative estimate of drug-likeness (QED) is 0.210. The Balaban J connectivity index is -0.0000000146. The molecule has 0 aromatic carbocycles. The maximum absolute atomic E-state index is 10.2. The largest absolute Gasteiger partial charge is 0.857 e. The Hall–Kier alpha value is -0.863. The number of halogens is 1. The molecule has 0 fully saturated rings. The Morgan fingerprint density at radius 1 is 1.08 bits per heavy atom. The fraction of sp³-hybridized carbons (Fsp3) is 0. The van der Waals surface area contributed by atoms with Crippen LogP contribution in [0.5, 0.6) is 0 Å². The van der Waals surface area contributed by atoms with Gasteiger partial charge in [0, 0.05) is 0 Å². The molecule has 0 radical (unpaired) electrons. The lowest BCUT2D eigenvalue weighted by Crippen LogP contribution is -2.69. The minimum Gasteiger partial charge on any atom is -0.857 e. The zero-order chi connectivity index (χ0) is 8.08. The van der Waals surface area contributed by atoms with Crippen LogP contribution in [0.15, 0.2) is 0 Å². The highest BCUT2D eigenvalue weighted by Gasteiger charge is 1.64. The first-order valence-corrected chi connectivity index (χ1v) is 3.04. The summed E-state index contributed by atoms with van der Waals surface area (Å²) in [5.41, 5.74) is 0. The highest BCUT2D eigenvalue weighted by molar-refractivity contribution is 6.41. The first-order valence-electron chi connectivity index (χ1n) is 1.43. The molecule has 13 heavy (non-hydrogen) atoms. The molecule has 0 bridgehead atoms. The van der Waals surface area contributed by atoms with Crippen LogP contribution < -0.4 is 44.1 Å². The summed E-state index contributed by atoms with van der Waals surface area (Å²) < 4.78 is 10.2. The van der Waals surface area contributed by atoms with Crippen LogP contribution in [0.4, 0.5) is 8.90 Å². The number of hydrogen-bond acceptors (Lipinski definition) is 5. The standard InChI is InChI=1S/CH2O3.FO3Si.4H3N/c2-1(3)4;1-5(2,3)4;;;;/h(H2,2,3,4);;4*1H3/q;-3;;;;/p+3. The Labute approximate surface area is 74.5 Å². The average molecular weight is 228 g/mol. The second-order valence-corrected chi connectivity index (χ2v) is 1.71. The van der Waals surface area contributed by atoms with Crippen LogP contribution in [0.1, 0.15) is 0 Å². The van der Waals surface area contributed by atoms with Gasteiger partial charge in [-0.2, -0.15) is 0 Å². The number of carboxylic acid groups (broad SMARTS) is 2. The van der Waals surface area contributed by atoms with Crippen molar-refractivity contribution >= 4 is 15.3 Å². The van der Waals surface area contributed by atoms with Gasteiger partial charge in [-0.3, -0.25) is 0 Å². The summed E-state index contributed by atoms with van der Waals surface area (Å²) in [6.45, 7) is 0. The summed E-state index contributed by atoms with van der Waals surface area (Å²) >= 11 is 0. The van der Waals surface area contributed by atoms with Crippen molar-refractivity contribution in [2.75, 3.05) is 0 Å². The van der Waals surface area contributed by atoms with E-state index >= 15 is 0 Å². The van der Waals surface area contributed by atoms with E-state index in [-0.39, 0.29) is 24.6 Å². The van der Waals surface area contributed by atoms with E-state index in [1.165, 1.54) is 0 Å². The third-order valence-electron chi connectivity index (χ3n) is 0. The van der Waals surface area contributed by atoms with Gasteiger partial charge in [-0.1, -0.05) is 9.14 Å². The summed E-state index contributed by atoms with van der Waals surface area (Å²) in [6, 6.07) is 0. The van der Waals surface area contributed by atoms with Crippen molar-refractivity contribution in [3.63, 3.8) is 0 Å². The van der Waals surface area contributed by atoms with Gasteiger partial charge in [0.15, 0.2) is 0 Å². The zero-order valence-corrected chi connectivity index (χ0v) is 8.87. The molecular formula is CH17FN4O6Si. The predicted molar refractivity (Wildman–Crippen MR) is 38.8 cm³/mol. The Morgan fingerprint density at radius 3 is 1.08 bits per heavy atom. The van der Waals surface area contributed by atoms with E-state index in [4.69, 9.17) is 29.4 Å². The first kappa shape index (κ1) is 40.0. The molecule has 0 aromatic heterocycles. The summed E-state index contributed by atoms with van der Waals surface area (Å²) in [5, 5.41) is 15.3. The van der Waals surface area contributed by atoms with Crippen molar-refractivity contribution < 1.29 is 33.5 Å². The molecule has 0 saturated heterocycles. The van der Waals surface area contributed by atoms with Gasteiger partial charge in [-0.15, -0.1) is 0 Å². The molecule has 0 aliphatic heterocycles. The lowest BCUT2D eigenvalue weighted by atomic mass is 11.5. The third kappa shape index (κ3) is 1250. The van der Waals surface area contributed by atoms with Gasteiger partial charge in [0.05, 0.1) is 0 Å². The topological polar surface area (TPSA) is 276 Å². The van der Waals surface area contributed by atoms with E-state index in [1.807, 2.05) is 0 Å². The van der Waals surface area contributed by atoms with Crippen molar-refractivity contribution in [2.45, 2.75) is 0 Å². The van der Waals surface area contributed by atoms with Gasteiger partial charge in [-0.25, -0.2) is 0 Å². The lowest BCUT2D eigenvalue weighted by Gasteiger charge is -2.44. The zero-order valence-electron chi connectivity index (χ0n) is 7.87. The fourth-order valence-electron chi connectivity index (χ4n) is 0. The van der Waals surface area contributed by atoms with Crippen molar-refractivity contribution in [1.29, 1.82) is 0 Å². The minimum absolute atomic E-state index is 0. The third-order valence-corrected chi connectivity index (χ3v) is 0. The monoisotopic (exact) mass is 228 g/mol. The summed E-state index contributed by atoms with van der Waals surface area (Å²) in [5.74, 6) is 0. The van der Waals surface area contributed by atoms with E-state index in [1.54, 1.807) is 0 Å². The smallest absolute Gasteiger partial charge is 0.249 e. The second-order valence-electron chi connectivity index (χ2n) is 0.747. The molecule has 0 atom stereocenters. The molecule has 10 nitrogen and oxygen atoms in total. The second kappa shape index (κ2) is 17.3. The molecular weight excluding hydrogens is 211 g/mol. The number of quaternary nitrogens is 4. The van der Waals surface area contributed by atoms with Gasteiger partial charge in [-0.05, 0) is 0 Å². The molecule has 0 aliphatic rings. The number of rotatable bonds is 0. The van der Waals surface area contributed by atoms with Crippen LogP contribution in [0, 0.1) is 0 Å². The van der Waals surface area contributed by atoms with Crippen LogP contribution in [0.3, 0.4) is 0 Å². The summed E-state index contributed by atoms with van der Waals surface area (Å²) in [6.07, 6.45) is -2.08. The van der Waals surface area contributed by atoms with Crippen molar-refractivity contribution in [3.05, 3.63) is 0 Å². The Bertz CT molecular complexity index is 87.1. The van der Waals surface area contributed by atoms with Gasteiger partial charge in [0.1, 0.15) is 0 Å². The van der Waals surface area contributed by atoms with E-state index in [2.05, 4.69) is 0 Å². The molecule has 0 heterocycles. The molecule has 0 rings (SSSR count). The normalized spacial score (nSPS) is 6.46. The van der Waals surface area contributed by atoms with Gasteiger partial charge >= 0.3 is 0 Å². The molecule has 0 aliphatic carbocycles. The Morgan fingerprint density at radius 2 is 1.08 bits per heavy atom. The van der Waals surface area contributed by atoms with Gasteiger partial charge < -0.3 is 58.1 Å². The Kier molecular flexibility index (Phi) is 53.1. The number of hydrogen-bond donors (Lipinski definition) is 5. The summed E-state index contributed by atoms with van der Waals surface area (Å²) in [7, 11) is -5.86. The van der Waals surface area contributed by atoms with Crippen molar-refractivity contribution in [2.24, 2.45) is 0 Å². The maximum atomic E-state index is 10.2. The van der Waals surface area contributed by atoms with Crippen LogP contribution in [0.25, 0.3) is 0 Å².